The molecule has 0 radical (unpaired) electrons. The number of fused-ring (bicyclic) bond motifs is 1. The van der Waals surface area contributed by atoms with Crippen molar-refractivity contribution in [1.82, 2.24) is 9.97 Å². The van der Waals surface area contributed by atoms with Crippen molar-refractivity contribution in [3.8, 4) is 17.2 Å². The lowest BCUT2D eigenvalue weighted by molar-refractivity contribution is -0.121. The van der Waals surface area contributed by atoms with Crippen LogP contribution in [-0.2, 0) is 19.4 Å². The van der Waals surface area contributed by atoms with Crippen molar-refractivity contribution in [3.05, 3.63) is 30.3 Å². The summed E-state index contributed by atoms with van der Waals surface area (Å²) < 4.78 is 42.7. The Labute approximate surface area is 182 Å². The number of thiol groups is 1. The van der Waals surface area contributed by atoms with Gasteiger partial charge in [0.25, 0.3) is 11.8 Å². The monoisotopic (exact) mass is 466 g/mol. The minimum absolute atomic E-state index is 0.00311. The maximum absolute atomic E-state index is 13.5. The number of nitrogens with zero attached hydrogens (tertiary/aromatic N) is 1. The second-order valence-corrected chi connectivity index (χ2v) is 8.48. The summed E-state index contributed by atoms with van der Waals surface area (Å²) in [5.41, 5.74) is 10.7. The summed E-state index contributed by atoms with van der Waals surface area (Å²) >= 11 is 4.13. The molecule has 0 atom stereocenters. The third-order valence-electron chi connectivity index (χ3n) is 4.02. The van der Waals surface area contributed by atoms with Gasteiger partial charge in [0, 0.05) is 6.07 Å². The molecule has 31 heavy (non-hydrogen) atoms. The van der Waals surface area contributed by atoms with E-state index in [2.05, 4.69) is 22.6 Å². The molecule has 2 amide bonds. The Morgan fingerprint density at radius 1 is 1.03 bits per heavy atom. The van der Waals surface area contributed by atoms with Crippen molar-refractivity contribution >= 4 is 45.3 Å². The number of imidazole rings is 1. The highest BCUT2D eigenvalue weighted by Gasteiger charge is 2.28. The number of nitrogens with two attached hydrogens (primary N) is 2. The Bertz CT molecular complexity index is 1270. The number of carbonyl (C=O) groups is 2. The van der Waals surface area contributed by atoms with Gasteiger partial charge in [-0.3, -0.25) is 9.59 Å². The van der Waals surface area contributed by atoms with Crippen LogP contribution in [0.5, 0.6) is 17.2 Å². The molecule has 0 fully saturated rings. The number of aromatic amines is 1. The van der Waals surface area contributed by atoms with Crippen molar-refractivity contribution in [1.29, 1.82) is 0 Å². The van der Waals surface area contributed by atoms with Gasteiger partial charge in [0.1, 0.15) is 10.6 Å². The fourth-order valence-electron chi connectivity index (χ4n) is 2.75. The number of ether oxygens (including phenoxy) is 3. The first-order chi connectivity index (χ1) is 14.6. The van der Waals surface area contributed by atoms with Gasteiger partial charge in [-0.05, 0) is 24.3 Å². The molecule has 2 aromatic carbocycles. The number of hydrogen-bond donors (Lipinski definition) is 4. The van der Waals surface area contributed by atoms with Gasteiger partial charge in [0.05, 0.1) is 23.0 Å². The highest BCUT2D eigenvalue weighted by atomic mass is 32.2. The van der Waals surface area contributed by atoms with E-state index in [0.717, 1.165) is 6.07 Å². The zero-order chi connectivity index (χ0) is 22.8. The number of amides is 2. The lowest BCUT2D eigenvalue weighted by atomic mass is 10.3. The molecule has 1 heterocycles. The molecule has 0 aliphatic rings. The summed E-state index contributed by atoms with van der Waals surface area (Å²) in [6.07, 6.45) is 0. The second-order valence-electron chi connectivity index (χ2n) is 6.17. The van der Waals surface area contributed by atoms with E-state index >= 15 is 0 Å². The van der Waals surface area contributed by atoms with E-state index in [-0.39, 0.29) is 37.7 Å². The van der Waals surface area contributed by atoms with E-state index in [1.54, 1.807) is 6.07 Å². The lowest BCUT2D eigenvalue weighted by Crippen LogP contribution is -2.22. The van der Waals surface area contributed by atoms with E-state index in [0.29, 0.717) is 5.52 Å². The fraction of sp³-hybridized carbons (Fsp3) is 0.167. The SMILES string of the molecule is COc1ccc2nc(S)[nH]c2c1S(=O)(=O)c1ccc(OCC(N)=O)c(OCC(N)=O)c1. The molecule has 0 saturated carbocycles. The minimum Gasteiger partial charge on any atom is -0.495 e. The van der Waals surface area contributed by atoms with Crippen molar-refractivity contribution in [2.24, 2.45) is 11.5 Å². The smallest absolute Gasteiger partial charge is 0.255 e. The number of benzene rings is 2. The average Bonchev–Trinajstić information content (AvgIpc) is 3.09. The Kier molecular flexibility index (Phi) is 6.27. The molecule has 0 aliphatic carbocycles. The number of nitrogens with one attached hydrogen (secondary N) is 1. The molecule has 3 aromatic rings. The number of H-pyrrole nitrogens is 1. The van der Waals surface area contributed by atoms with E-state index in [1.807, 2.05) is 0 Å². The highest BCUT2D eigenvalue weighted by molar-refractivity contribution is 7.91. The largest absolute Gasteiger partial charge is 0.495 e. The van der Waals surface area contributed by atoms with Crippen LogP contribution in [0.15, 0.2) is 45.3 Å². The van der Waals surface area contributed by atoms with Crippen LogP contribution in [0.1, 0.15) is 0 Å². The molecule has 3 rings (SSSR count). The zero-order valence-corrected chi connectivity index (χ0v) is 17.8. The van der Waals surface area contributed by atoms with E-state index < -0.39 is 34.9 Å². The molecule has 0 bridgehead atoms. The van der Waals surface area contributed by atoms with Crippen molar-refractivity contribution in [2.75, 3.05) is 20.3 Å². The third kappa shape index (κ3) is 4.67. The average molecular weight is 466 g/mol. The number of hydrogen-bond acceptors (Lipinski definition) is 9. The molecular formula is C18H18N4O7S2. The minimum atomic E-state index is -4.18. The summed E-state index contributed by atoms with van der Waals surface area (Å²) in [4.78, 5) is 28.7. The Morgan fingerprint density at radius 3 is 2.26 bits per heavy atom. The van der Waals surface area contributed by atoms with Crippen LogP contribution in [0.2, 0.25) is 0 Å². The molecule has 1 aromatic heterocycles. The molecule has 164 valence electrons. The Morgan fingerprint density at radius 2 is 1.65 bits per heavy atom. The van der Waals surface area contributed by atoms with Gasteiger partial charge in [0.15, 0.2) is 29.9 Å². The van der Waals surface area contributed by atoms with Crippen LogP contribution in [0.3, 0.4) is 0 Å². The molecular weight excluding hydrogens is 448 g/mol. The molecule has 0 saturated heterocycles. The van der Waals surface area contributed by atoms with Gasteiger partial charge in [-0.15, -0.1) is 12.6 Å². The Hall–Kier alpha value is -3.45. The number of primary amides is 2. The maximum atomic E-state index is 13.5. The van der Waals surface area contributed by atoms with Crippen LogP contribution in [0, 0.1) is 0 Å². The normalized spacial score (nSPS) is 11.3. The molecule has 0 spiro atoms. The van der Waals surface area contributed by atoms with Crippen LogP contribution in [-0.4, -0.2) is 50.5 Å². The van der Waals surface area contributed by atoms with E-state index in [9.17, 15) is 18.0 Å². The molecule has 13 heteroatoms. The molecule has 0 unspecified atom stereocenters. The summed E-state index contributed by atoms with van der Waals surface area (Å²) in [6, 6.07) is 6.73. The topological polar surface area (TPSA) is 177 Å². The van der Waals surface area contributed by atoms with Crippen LogP contribution >= 0.6 is 12.6 Å². The number of carbonyl (C=O) groups excluding carboxylic acids is 2. The molecule has 5 N–H and O–H groups in total. The molecule has 11 nitrogen and oxygen atoms in total. The third-order valence-corrected chi connectivity index (χ3v) is 6.05. The van der Waals surface area contributed by atoms with E-state index in [1.165, 1.54) is 25.3 Å². The van der Waals surface area contributed by atoms with Gasteiger partial charge >= 0.3 is 0 Å². The zero-order valence-electron chi connectivity index (χ0n) is 16.1. The first-order valence-corrected chi connectivity index (χ1v) is 10.5. The quantitative estimate of drug-likeness (QED) is 0.328. The lowest BCUT2D eigenvalue weighted by Gasteiger charge is -2.14. The standard InChI is InChI=1S/C18H18N4O7S2/c1-27-12-5-3-10-16(22-18(30)21-10)17(12)31(25,26)9-2-4-11(28-7-14(19)23)13(6-9)29-8-15(20)24/h2-6H,7-8H2,1H3,(H2,19,23)(H2,20,24)(H2,21,22,30). The maximum Gasteiger partial charge on any atom is 0.255 e. The summed E-state index contributed by atoms with van der Waals surface area (Å²) in [7, 11) is -2.84. The number of methoxy groups -OCH3 is 1. The van der Waals surface area contributed by atoms with Gasteiger partial charge in [-0.2, -0.15) is 0 Å². The van der Waals surface area contributed by atoms with Crippen LogP contribution in [0.4, 0.5) is 0 Å². The first-order valence-electron chi connectivity index (χ1n) is 8.60. The molecule has 0 aliphatic heterocycles. The van der Waals surface area contributed by atoms with Crippen molar-refractivity contribution < 1.29 is 32.2 Å². The summed E-state index contributed by atoms with van der Waals surface area (Å²) in [5, 5.41) is 0.223. The number of rotatable bonds is 9. The Balaban J connectivity index is 2.15. The predicted octanol–water partition coefficient (Wildman–Crippen LogP) is 0.421. The van der Waals surface area contributed by atoms with Gasteiger partial charge in [-0.1, -0.05) is 0 Å². The van der Waals surface area contributed by atoms with Crippen molar-refractivity contribution in [3.63, 3.8) is 0 Å². The second kappa shape index (κ2) is 8.73. The van der Waals surface area contributed by atoms with Gasteiger partial charge in [-0.25, -0.2) is 13.4 Å². The fourth-order valence-corrected chi connectivity index (χ4v) is 4.56. The van der Waals surface area contributed by atoms with Gasteiger partial charge < -0.3 is 30.7 Å². The summed E-state index contributed by atoms with van der Waals surface area (Å²) in [5.74, 6) is -1.58. The number of sulfone groups is 1. The van der Waals surface area contributed by atoms with Crippen LogP contribution in [0.25, 0.3) is 11.0 Å². The first kappa shape index (κ1) is 22.2. The van der Waals surface area contributed by atoms with Crippen molar-refractivity contribution in [2.45, 2.75) is 14.9 Å². The van der Waals surface area contributed by atoms with Crippen LogP contribution < -0.4 is 25.7 Å². The predicted molar refractivity (Wildman–Crippen MR) is 111 cm³/mol. The highest BCUT2D eigenvalue weighted by Crippen LogP contribution is 2.38. The number of aromatic nitrogens is 2. The van der Waals surface area contributed by atoms with Gasteiger partial charge in [0.2, 0.25) is 9.84 Å². The van der Waals surface area contributed by atoms with E-state index in [4.69, 9.17) is 25.7 Å². The summed E-state index contributed by atoms with van der Waals surface area (Å²) in [6.45, 7) is -1.02.